The van der Waals surface area contributed by atoms with Gasteiger partial charge in [-0.1, -0.05) is 30.3 Å². The van der Waals surface area contributed by atoms with Gasteiger partial charge < -0.3 is 0 Å². The van der Waals surface area contributed by atoms with Crippen LogP contribution < -0.4 is 4.72 Å². The molecule has 0 aliphatic rings. The lowest BCUT2D eigenvalue weighted by molar-refractivity contribution is 0.580. The molecule has 0 spiro atoms. The number of hydrogen-bond acceptors (Lipinski definition) is 5. The van der Waals surface area contributed by atoms with Crippen molar-refractivity contribution in [3.8, 4) is 0 Å². The number of nitrogens with one attached hydrogen (secondary N) is 2. The first-order valence-electron chi connectivity index (χ1n) is 8.37. The molecule has 8 heteroatoms. The average Bonchev–Trinajstić information content (AvgIpc) is 3.11. The van der Waals surface area contributed by atoms with Crippen molar-refractivity contribution < 1.29 is 8.42 Å². The van der Waals surface area contributed by atoms with E-state index in [1.54, 1.807) is 25.2 Å². The molecule has 2 heterocycles. The van der Waals surface area contributed by atoms with Gasteiger partial charge in [-0.25, -0.2) is 18.1 Å². The second-order valence-corrected chi connectivity index (χ2v) is 9.06. The van der Waals surface area contributed by atoms with Crippen LogP contribution in [0.4, 0.5) is 0 Å². The van der Waals surface area contributed by atoms with Crippen LogP contribution in [0.3, 0.4) is 0 Å². The highest BCUT2D eigenvalue weighted by molar-refractivity contribution is 7.89. The molecule has 6 nitrogen and oxygen atoms in total. The van der Waals surface area contributed by atoms with Gasteiger partial charge in [0.05, 0.1) is 22.1 Å². The van der Waals surface area contributed by atoms with Gasteiger partial charge in [-0.3, -0.25) is 5.10 Å². The van der Waals surface area contributed by atoms with Crippen molar-refractivity contribution >= 4 is 21.4 Å². The highest BCUT2D eigenvalue weighted by Crippen LogP contribution is 2.22. The SMILES string of the molecule is Cc1nc(CCNS(=O)(=O)c2c(C)n[nH]c2C)sc1Cc1ccccc1. The minimum Gasteiger partial charge on any atom is -0.281 e. The van der Waals surface area contributed by atoms with E-state index in [9.17, 15) is 8.42 Å². The maximum atomic E-state index is 12.5. The molecule has 26 heavy (non-hydrogen) atoms. The van der Waals surface area contributed by atoms with Crippen molar-refractivity contribution in [2.45, 2.75) is 38.5 Å². The molecular weight excluding hydrogens is 368 g/mol. The van der Waals surface area contributed by atoms with Gasteiger partial charge in [0.2, 0.25) is 10.0 Å². The number of sulfonamides is 1. The highest BCUT2D eigenvalue weighted by atomic mass is 32.2. The number of benzene rings is 1. The predicted molar refractivity (Wildman–Crippen MR) is 103 cm³/mol. The van der Waals surface area contributed by atoms with Crippen LogP contribution in [0.25, 0.3) is 0 Å². The molecule has 3 rings (SSSR count). The van der Waals surface area contributed by atoms with Gasteiger partial charge in [-0.05, 0) is 26.3 Å². The van der Waals surface area contributed by atoms with Crippen LogP contribution in [0.1, 0.15) is 32.5 Å². The van der Waals surface area contributed by atoms with Gasteiger partial charge in [0.15, 0.2) is 0 Å². The van der Waals surface area contributed by atoms with E-state index < -0.39 is 10.0 Å². The number of aromatic amines is 1. The minimum atomic E-state index is -3.57. The summed E-state index contributed by atoms with van der Waals surface area (Å²) in [6, 6.07) is 10.3. The van der Waals surface area contributed by atoms with E-state index in [1.165, 1.54) is 10.4 Å². The Hall–Kier alpha value is -2.03. The third kappa shape index (κ3) is 4.20. The van der Waals surface area contributed by atoms with Gasteiger partial charge in [0.1, 0.15) is 4.90 Å². The Balaban J connectivity index is 1.63. The maximum absolute atomic E-state index is 12.5. The summed E-state index contributed by atoms with van der Waals surface area (Å²) in [7, 11) is -3.57. The predicted octanol–water partition coefficient (Wildman–Crippen LogP) is 2.90. The molecule has 0 atom stereocenters. The van der Waals surface area contributed by atoms with Crippen LogP contribution in [-0.2, 0) is 22.9 Å². The molecular formula is C18H22N4O2S2. The van der Waals surface area contributed by atoms with E-state index in [0.29, 0.717) is 24.4 Å². The van der Waals surface area contributed by atoms with Crippen molar-refractivity contribution in [1.82, 2.24) is 19.9 Å². The van der Waals surface area contributed by atoms with Gasteiger partial charge in [-0.15, -0.1) is 11.3 Å². The van der Waals surface area contributed by atoms with Crippen LogP contribution in [0, 0.1) is 20.8 Å². The average molecular weight is 391 g/mol. The van der Waals surface area contributed by atoms with Crippen LogP contribution in [-0.4, -0.2) is 30.1 Å². The maximum Gasteiger partial charge on any atom is 0.244 e. The van der Waals surface area contributed by atoms with Crippen molar-refractivity contribution in [2.75, 3.05) is 6.54 Å². The number of thiazole rings is 1. The quantitative estimate of drug-likeness (QED) is 0.649. The van der Waals surface area contributed by atoms with Crippen molar-refractivity contribution in [3.63, 3.8) is 0 Å². The molecule has 3 aromatic rings. The van der Waals surface area contributed by atoms with Crippen molar-refractivity contribution in [2.24, 2.45) is 0 Å². The van der Waals surface area contributed by atoms with Gasteiger partial charge >= 0.3 is 0 Å². The third-order valence-corrected chi connectivity index (χ3v) is 7.05. The normalized spacial score (nSPS) is 11.8. The summed E-state index contributed by atoms with van der Waals surface area (Å²) in [5.74, 6) is 0. The number of nitrogens with zero attached hydrogens (tertiary/aromatic N) is 2. The first kappa shape index (κ1) is 18.8. The Morgan fingerprint density at radius 1 is 1.12 bits per heavy atom. The van der Waals surface area contributed by atoms with E-state index in [2.05, 4.69) is 32.0 Å². The lowest BCUT2D eigenvalue weighted by Gasteiger charge is -2.05. The Labute approximate surface area is 157 Å². The summed E-state index contributed by atoms with van der Waals surface area (Å²) in [4.78, 5) is 6.04. The summed E-state index contributed by atoms with van der Waals surface area (Å²) < 4.78 is 27.5. The standard InChI is InChI=1S/C18H22N4O2S2/c1-12-16(11-15-7-5-4-6-8-15)25-17(20-12)9-10-19-26(23,24)18-13(2)21-22-14(18)3/h4-8,19H,9-11H2,1-3H3,(H,21,22). The zero-order chi connectivity index (χ0) is 18.7. The zero-order valence-electron chi connectivity index (χ0n) is 15.0. The fourth-order valence-corrected chi connectivity index (χ4v) is 5.34. The number of H-pyrrole nitrogens is 1. The molecule has 0 aliphatic carbocycles. The number of aryl methyl sites for hydroxylation is 3. The van der Waals surface area contributed by atoms with E-state index in [1.807, 2.05) is 25.1 Å². The molecule has 0 bridgehead atoms. The fraction of sp³-hybridized carbons (Fsp3) is 0.333. The summed E-state index contributed by atoms with van der Waals surface area (Å²) in [5.41, 5.74) is 3.28. The summed E-state index contributed by atoms with van der Waals surface area (Å²) >= 11 is 1.64. The molecule has 0 amide bonds. The van der Waals surface area contributed by atoms with Gasteiger partial charge in [0, 0.05) is 24.3 Å². The first-order chi connectivity index (χ1) is 12.4. The van der Waals surface area contributed by atoms with Gasteiger partial charge in [0.25, 0.3) is 0 Å². The van der Waals surface area contributed by atoms with Crippen molar-refractivity contribution in [1.29, 1.82) is 0 Å². The molecule has 2 N–H and O–H groups in total. The Morgan fingerprint density at radius 3 is 2.50 bits per heavy atom. The van der Waals surface area contributed by atoms with E-state index in [4.69, 9.17) is 0 Å². The monoisotopic (exact) mass is 390 g/mol. The molecule has 138 valence electrons. The van der Waals surface area contributed by atoms with Gasteiger partial charge in [-0.2, -0.15) is 5.10 Å². The fourth-order valence-electron chi connectivity index (χ4n) is 2.84. The molecule has 0 unspecified atom stereocenters. The smallest absolute Gasteiger partial charge is 0.244 e. The third-order valence-electron chi connectivity index (χ3n) is 4.10. The topological polar surface area (TPSA) is 87.7 Å². The second-order valence-electron chi connectivity index (χ2n) is 6.19. The summed E-state index contributed by atoms with van der Waals surface area (Å²) in [6.07, 6.45) is 1.42. The lowest BCUT2D eigenvalue weighted by Crippen LogP contribution is -2.26. The Morgan fingerprint density at radius 2 is 1.85 bits per heavy atom. The molecule has 0 saturated heterocycles. The Kier molecular flexibility index (Phi) is 5.55. The largest absolute Gasteiger partial charge is 0.281 e. The lowest BCUT2D eigenvalue weighted by atomic mass is 10.1. The molecule has 2 aromatic heterocycles. The highest BCUT2D eigenvalue weighted by Gasteiger charge is 2.21. The molecule has 0 fully saturated rings. The first-order valence-corrected chi connectivity index (χ1v) is 10.7. The Bertz CT molecular complexity index is 972. The number of aromatic nitrogens is 3. The number of hydrogen-bond donors (Lipinski definition) is 2. The minimum absolute atomic E-state index is 0.234. The van der Waals surface area contributed by atoms with Crippen LogP contribution in [0.2, 0.25) is 0 Å². The van der Waals surface area contributed by atoms with E-state index in [-0.39, 0.29) is 4.90 Å². The zero-order valence-corrected chi connectivity index (χ0v) is 16.7. The molecule has 0 radical (unpaired) electrons. The van der Waals surface area contributed by atoms with E-state index in [0.717, 1.165) is 17.1 Å². The second kappa shape index (κ2) is 7.69. The van der Waals surface area contributed by atoms with Crippen LogP contribution in [0.15, 0.2) is 35.2 Å². The molecule has 0 saturated carbocycles. The molecule has 0 aliphatic heterocycles. The molecule has 1 aromatic carbocycles. The summed E-state index contributed by atoms with van der Waals surface area (Å²) in [5, 5.41) is 7.60. The van der Waals surface area contributed by atoms with Crippen molar-refractivity contribution in [3.05, 3.63) is 62.9 Å². The van der Waals surface area contributed by atoms with Crippen LogP contribution in [0.5, 0.6) is 0 Å². The van der Waals surface area contributed by atoms with E-state index >= 15 is 0 Å². The van der Waals surface area contributed by atoms with Crippen LogP contribution >= 0.6 is 11.3 Å². The number of rotatable bonds is 7. The summed E-state index contributed by atoms with van der Waals surface area (Å²) in [6.45, 7) is 5.69.